The first-order valence-corrected chi connectivity index (χ1v) is 7.99. The fourth-order valence-electron chi connectivity index (χ4n) is 1.98. The van der Waals surface area contributed by atoms with Crippen LogP contribution in [0.1, 0.15) is 45.5 Å². The zero-order valence-electron chi connectivity index (χ0n) is 13.0. The minimum atomic E-state index is 0.0962. The molecule has 0 saturated heterocycles. The summed E-state index contributed by atoms with van der Waals surface area (Å²) in [5.41, 5.74) is 1.33. The highest BCUT2D eigenvalue weighted by Gasteiger charge is 2.14. The number of aromatic nitrogens is 2. The van der Waals surface area contributed by atoms with Gasteiger partial charge in [0, 0.05) is 12.5 Å². The SMILES string of the molecule is CCCc1nc(Br)cc(Oc2cccc(C(C)(C)C)c2)n1. The van der Waals surface area contributed by atoms with E-state index in [-0.39, 0.29) is 5.41 Å². The maximum absolute atomic E-state index is 5.90. The maximum atomic E-state index is 5.90. The van der Waals surface area contributed by atoms with Crippen LogP contribution in [0.4, 0.5) is 0 Å². The second-order valence-electron chi connectivity index (χ2n) is 6.08. The van der Waals surface area contributed by atoms with Crippen molar-refractivity contribution in [3.05, 3.63) is 46.3 Å². The van der Waals surface area contributed by atoms with Crippen LogP contribution in [0.25, 0.3) is 0 Å². The Kier molecular flexibility index (Phi) is 4.99. The van der Waals surface area contributed by atoms with E-state index in [1.54, 1.807) is 6.07 Å². The van der Waals surface area contributed by atoms with Gasteiger partial charge in [0.1, 0.15) is 16.2 Å². The number of rotatable bonds is 4. The number of halogens is 1. The fourth-order valence-corrected chi connectivity index (χ4v) is 2.38. The summed E-state index contributed by atoms with van der Waals surface area (Å²) >= 11 is 3.41. The van der Waals surface area contributed by atoms with Gasteiger partial charge in [-0.15, -0.1) is 0 Å². The molecule has 0 atom stereocenters. The summed E-state index contributed by atoms with van der Waals surface area (Å²) in [6.07, 6.45) is 1.85. The summed E-state index contributed by atoms with van der Waals surface area (Å²) in [5, 5.41) is 0. The Morgan fingerprint density at radius 3 is 2.57 bits per heavy atom. The van der Waals surface area contributed by atoms with E-state index in [1.807, 2.05) is 12.1 Å². The third-order valence-corrected chi connectivity index (χ3v) is 3.52. The lowest BCUT2D eigenvalue weighted by atomic mass is 9.87. The zero-order valence-corrected chi connectivity index (χ0v) is 14.6. The monoisotopic (exact) mass is 348 g/mol. The van der Waals surface area contributed by atoms with Crippen LogP contribution in [0.3, 0.4) is 0 Å². The zero-order chi connectivity index (χ0) is 15.5. The van der Waals surface area contributed by atoms with Gasteiger partial charge in [0.05, 0.1) is 0 Å². The van der Waals surface area contributed by atoms with Gasteiger partial charge >= 0.3 is 0 Å². The minimum Gasteiger partial charge on any atom is -0.439 e. The first-order chi connectivity index (χ1) is 9.88. The van der Waals surface area contributed by atoms with Crippen LogP contribution < -0.4 is 4.74 Å². The second-order valence-corrected chi connectivity index (χ2v) is 6.89. The number of nitrogens with zero attached hydrogens (tertiary/aromatic N) is 2. The van der Waals surface area contributed by atoms with Gasteiger partial charge in [0.15, 0.2) is 0 Å². The number of benzene rings is 1. The molecule has 0 amide bonds. The smallest absolute Gasteiger partial charge is 0.223 e. The Balaban J connectivity index is 2.26. The minimum absolute atomic E-state index is 0.0962. The van der Waals surface area contributed by atoms with Crippen LogP contribution >= 0.6 is 15.9 Å². The van der Waals surface area contributed by atoms with E-state index in [9.17, 15) is 0 Å². The van der Waals surface area contributed by atoms with E-state index >= 15 is 0 Å². The van der Waals surface area contributed by atoms with Crippen molar-refractivity contribution in [2.75, 3.05) is 0 Å². The average Bonchev–Trinajstić information content (AvgIpc) is 2.37. The van der Waals surface area contributed by atoms with Gasteiger partial charge in [-0.1, -0.05) is 39.8 Å². The molecule has 0 fully saturated rings. The number of ether oxygens (including phenoxy) is 1. The van der Waals surface area contributed by atoms with Crippen molar-refractivity contribution in [2.24, 2.45) is 0 Å². The highest BCUT2D eigenvalue weighted by atomic mass is 79.9. The van der Waals surface area contributed by atoms with Gasteiger partial charge in [0.2, 0.25) is 5.88 Å². The summed E-state index contributed by atoms with van der Waals surface area (Å²) in [7, 11) is 0. The quantitative estimate of drug-likeness (QED) is 0.704. The van der Waals surface area contributed by atoms with E-state index in [2.05, 4.69) is 65.7 Å². The molecule has 0 spiro atoms. The lowest BCUT2D eigenvalue weighted by molar-refractivity contribution is 0.454. The Morgan fingerprint density at radius 2 is 1.90 bits per heavy atom. The molecule has 0 radical (unpaired) electrons. The van der Waals surface area contributed by atoms with Crippen LogP contribution in [0.2, 0.25) is 0 Å². The highest BCUT2D eigenvalue weighted by molar-refractivity contribution is 9.10. The third-order valence-electron chi connectivity index (χ3n) is 3.11. The summed E-state index contributed by atoms with van der Waals surface area (Å²) in [5.74, 6) is 2.18. The molecule has 1 heterocycles. The summed E-state index contributed by atoms with van der Waals surface area (Å²) in [6, 6.07) is 9.94. The molecule has 2 rings (SSSR count). The van der Waals surface area contributed by atoms with Crippen molar-refractivity contribution in [1.29, 1.82) is 0 Å². The number of aryl methyl sites for hydroxylation is 1. The summed E-state index contributed by atoms with van der Waals surface area (Å²) < 4.78 is 6.65. The third kappa shape index (κ3) is 4.53. The van der Waals surface area contributed by atoms with Crippen LogP contribution in [-0.2, 0) is 11.8 Å². The Hall–Kier alpha value is -1.42. The molecular weight excluding hydrogens is 328 g/mol. The lowest BCUT2D eigenvalue weighted by Gasteiger charge is -2.19. The van der Waals surface area contributed by atoms with E-state index in [4.69, 9.17) is 4.74 Å². The molecule has 3 nitrogen and oxygen atoms in total. The first-order valence-electron chi connectivity index (χ1n) is 7.20. The molecule has 0 aliphatic rings. The van der Waals surface area contributed by atoms with Crippen molar-refractivity contribution >= 4 is 15.9 Å². The number of hydrogen-bond acceptors (Lipinski definition) is 3. The maximum Gasteiger partial charge on any atom is 0.223 e. The second kappa shape index (κ2) is 6.56. The van der Waals surface area contributed by atoms with Gasteiger partial charge < -0.3 is 4.74 Å². The van der Waals surface area contributed by atoms with Crippen molar-refractivity contribution < 1.29 is 4.74 Å². The van der Waals surface area contributed by atoms with Crippen molar-refractivity contribution in [3.8, 4) is 11.6 Å². The molecule has 0 unspecified atom stereocenters. The van der Waals surface area contributed by atoms with Crippen LogP contribution in [0.5, 0.6) is 11.6 Å². The van der Waals surface area contributed by atoms with Crippen LogP contribution in [-0.4, -0.2) is 9.97 Å². The van der Waals surface area contributed by atoms with Crippen LogP contribution in [0, 0.1) is 0 Å². The van der Waals surface area contributed by atoms with Crippen molar-refractivity contribution in [1.82, 2.24) is 9.97 Å². The van der Waals surface area contributed by atoms with Gasteiger partial charge in [0.25, 0.3) is 0 Å². The molecule has 2 aromatic rings. The molecule has 0 aliphatic carbocycles. The Morgan fingerprint density at radius 1 is 1.14 bits per heavy atom. The van der Waals surface area contributed by atoms with Crippen LogP contribution in [0.15, 0.2) is 34.9 Å². The molecule has 0 saturated carbocycles. The lowest BCUT2D eigenvalue weighted by Crippen LogP contribution is -2.10. The largest absolute Gasteiger partial charge is 0.439 e. The highest BCUT2D eigenvalue weighted by Crippen LogP contribution is 2.28. The van der Waals surface area contributed by atoms with Gasteiger partial charge in [-0.3, -0.25) is 0 Å². The van der Waals surface area contributed by atoms with E-state index < -0.39 is 0 Å². The molecule has 21 heavy (non-hydrogen) atoms. The Labute approximate surface area is 134 Å². The molecule has 1 aromatic heterocycles. The fraction of sp³-hybridized carbons (Fsp3) is 0.412. The van der Waals surface area contributed by atoms with Crippen molar-refractivity contribution in [2.45, 2.75) is 46.0 Å². The van der Waals surface area contributed by atoms with E-state index in [0.29, 0.717) is 5.88 Å². The van der Waals surface area contributed by atoms with Gasteiger partial charge in [-0.05, 0) is 45.5 Å². The first kappa shape index (κ1) is 16.0. The molecule has 4 heteroatoms. The van der Waals surface area contributed by atoms with Crippen molar-refractivity contribution in [3.63, 3.8) is 0 Å². The molecule has 0 aliphatic heterocycles. The van der Waals surface area contributed by atoms with Gasteiger partial charge in [-0.25, -0.2) is 4.98 Å². The normalized spacial score (nSPS) is 11.5. The summed E-state index contributed by atoms with van der Waals surface area (Å²) in [6.45, 7) is 8.67. The topological polar surface area (TPSA) is 35.0 Å². The molecule has 0 bridgehead atoms. The van der Waals surface area contributed by atoms with E-state index in [0.717, 1.165) is 29.0 Å². The average molecular weight is 349 g/mol. The predicted octanol–water partition coefficient (Wildman–Crippen LogP) is 5.28. The number of hydrogen-bond donors (Lipinski definition) is 0. The molecule has 0 N–H and O–H groups in total. The molecule has 1 aromatic carbocycles. The molecular formula is C17H21BrN2O. The standard InChI is InChI=1S/C17H21BrN2O/c1-5-7-15-19-14(18)11-16(20-15)21-13-9-6-8-12(10-13)17(2,3)4/h6,8-11H,5,7H2,1-4H3. The van der Waals surface area contributed by atoms with Gasteiger partial charge in [-0.2, -0.15) is 4.98 Å². The summed E-state index contributed by atoms with van der Waals surface area (Å²) in [4.78, 5) is 8.79. The molecule has 112 valence electrons. The van der Waals surface area contributed by atoms with E-state index in [1.165, 1.54) is 5.56 Å². The predicted molar refractivity (Wildman–Crippen MR) is 88.9 cm³/mol. The Bertz CT molecular complexity index is 620.